The molecule has 0 radical (unpaired) electrons. The van der Waals surface area contributed by atoms with Crippen molar-refractivity contribution in [3.05, 3.63) is 108 Å². The average Bonchev–Trinajstić information content (AvgIpc) is 2.94. The SMILES string of the molecule is C=CCOc1ccc(/C=N\NC(=O)c2ccc(CN3CCC(Cc4ccccc4)CC3)cc2)cc1OC. The van der Waals surface area contributed by atoms with Gasteiger partial charge in [-0.15, -0.1) is 0 Å². The van der Waals surface area contributed by atoms with Crippen molar-refractivity contribution in [1.82, 2.24) is 10.3 Å². The Balaban J connectivity index is 1.23. The van der Waals surface area contributed by atoms with E-state index in [1.165, 1.54) is 30.4 Å². The van der Waals surface area contributed by atoms with Gasteiger partial charge in [0, 0.05) is 12.1 Å². The van der Waals surface area contributed by atoms with Gasteiger partial charge in [-0.3, -0.25) is 9.69 Å². The van der Waals surface area contributed by atoms with Gasteiger partial charge in [-0.05, 0) is 85.3 Å². The molecule has 3 aromatic carbocycles. The van der Waals surface area contributed by atoms with Crippen LogP contribution in [0.2, 0.25) is 0 Å². The number of hydrogen-bond acceptors (Lipinski definition) is 5. The number of hydrogen-bond donors (Lipinski definition) is 1. The summed E-state index contributed by atoms with van der Waals surface area (Å²) >= 11 is 0. The van der Waals surface area contributed by atoms with E-state index in [1.54, 1.807) is 31.5 Å². The lowest BCUT2D eigenvalue weighted by atomic mass is 9.90. The van der Waals surface area contributed by atoms with Crippen LogP contribution in [0.15, 0.2) is 90.6 Å². The number of carbonyl (C=O) groups is 1. The first-order valence-electron chi connectivity index (χ1n) is 12.7. The van der Waals surface area contributed by atoms with Crippen LogP contribution in [0.5, 0.6) is 11.5 Å². The lowest BCUT2D eigenvalue weighted by molar-refractivity contribution is 0.0955. The number of nitrogens with one attached hydrogen (secondary N) is 1. The molecule has 1 saturated heterocycles. The Labute approximate surface area is 219 Å². The number of methoxy groups -OCH3 is 1. The Morgan fingerprint density at radius 1 is 1.03 bits per heavy atom. The van der Waals surface area contributed by atoms with Crippen LogP contribution in [0.1, 0.15) is 39.9 Å². The molecule has 6 heteroatoms. The molecule has 37 heavy (non-hydrogen) atoms. The van der Waals surface area contributed by atoms with Gasteiger partial charge in [0.15, 0.2) is 11.5 Å². The maximum absolute atomic E-state index is 12.5. The maximum atomic E-state index is 12.5. The van der Waals surface area contributed by atoms with Crippen LogP contribution < -0.4 is 14.9 Å². The summed E-state index contributed by atoms with van der Waals surface area (Å²) in [6.07, 6.45) is 6.87. The summed E-state index contributed by atoms with van der Waals surface area (Å²) in [6, 6.07) is 24.0. The summed E-state index contributed by atoms with van der Waals surface area (Å²) in [7, 11) is 1.58. The Morgan fingerprint density at radius 2 is 1.78 bits per heavy atom. The molecule has 0 saturated carbocycles. The predicted molar refractivity (Wildman–Crippen MR) is 148 cm³/mol. The number of nitrogens with zero attached hydrogens (tertiary/aromatic N) is 2. The summed E-state index contributed by atoms with van der Waals surface area (Å²) in [5, 5.41) is 4.09. The zero-order valence-electron chi connectivity index (χ0n) is 21.4. The van der Waals surface area contributed by atoms with E-state index in [1.807, 2.05) is 30.3 Å². The van der Waals surface area contributed by atoms with E-state index in [0.717, 1.165) is 31.1 Å². The summed E-state index contributed by atoms with van der Waals surface area (Å²) in [5.74, 6) is 1.73. The van der Waals surface area contributed by atoms with Crippen molar-refractivity contribution in [2.75, 3.05) is 26.8 Å². The first-order chi connectivity index (χ1) is 18.1. The highest BCUT2D eigenvalue weighted by molar-refractivity contribution is 5.95. The second kappa shape index (κ2) is 13.4. The van der Waals surface area contributed by atoms with Gasteiger partial charge in [0.2, 0.25) is 0 Å². The van der Waals surface area contributed by atoms with Crippen molar-refractivity contribution in [3.63, 3.8) is 0 Å². The van der Waals surface area contributed by atoms with Crippen LogP contribution in [-0.2, 0) is 13.0 Å². The van der Waals surface area contributed by atoms with E-state index in [0.29, 0.717) is 23.7 Å². The van der Waals surface area contributed by atoms with E-state index in [9.17, 15) is 4.79 Å². The highest BCUT2D eigenvalue weighted by Gasteiger charge is 2.19. The second-order valence-corrected chi connectivity index (χ2v) is 9.32. The van der Waals surface area contributed by atoms with Gasteiger partial charge in [-0.25, -0.2) is 5.43 Å². The quantitative estimate of drug-likeness (QED) is 0.217. The summed E-state index contributed by atoms with van der Waals surface area (Å²) < 4.78 is 10.9. The van der Waals surface area contributed by atoms with Crippen molar-refractivity contribution in [3.8, 4) is 11.5 Å². The minimum Gasteiger partial charge on any atom is -0.493 e. The van der Waals surface area contributed by atoms with Crippen molar-refractivity contribution in [2.24, 2.45) is 11.0 Å². The van der Waals surface area contributed by atoms with Crippen LogP contribution in [0, 0.1) is 5.92 Å². The molecule has 3 aromatic rings. The van der Waals surface area contributed by atoms with Crippen LogP contribution >= 0.6 is 0 Å². The molecule has 1 heterocycles. The molecule has 6 nitrogen and oxygen atoms in total. The molecular formula is C31H35N3O3. The number of piperidine rings is 1. The third-order valence-corrected chi connectivity index (χ3v) is 6.62. The molecule has 0 spiro atoms. The Hall–Kier alpha value is -3.90. The molecule has 1 fully saturated rings. The van der Waals surface area contributed by atoms with E-state index in [-0.39, 0.29) is 5.91 Å². The molecule has 0 aliphatic carbocycles. The molecular weight excluding hydrogens is 462 g/mol. The number of ether oxygens (including phenoxy) is 2. The molecule has 1 N–H and O–H groups in total. The van der Waals surface area contributed by atoms with Crippen molar-refractivity contribution >= 4 is 12.1 Å². The Morgan fingerprint density at radius 3 is 2.49 bits per heavy atom. The number of likely N-dealkylation sites (tertiary alicyclic amines) is 1. The van der Waals surface area contributed by atoms with E-state index in [4.69, 9.17) is 9.47 Å². The number of carbonyl (C=O) groups excluding carboxylic acids is 1. The molecule has 1 aliphatic rings. The Bertz CT molecular complexity index is 1180. The molecule has 0 atom stereocenters. The molecule has 1 amide bonds. The fourth-order valence-corrected chi connectivity index (χ4v) is 4.58. The zero-order valence-corrected chi connectivity index (χ0v) is 21.4. The van der Waals surface area contributed by atoms with Gasteiger partial charge >= 0.3 is 0 Å². The normalized spacial score (nSPS) is 14.4. The van der Waals surface area contributed by atoms with Gasteiger partial charge in [0.25, 0.3) is 5.91 Å². The van der Waals surface area contributed by atoms with Crippen LogP contribution in [0.25, 0.3) is 0 Å². The van der Waals surface area contributed by atoms with Gasteiger partial charge < -0.3 is 9.47 Å². The highest BCUT2D eigenvalue weighted by Crippen LogP contribution is 2.27. The fraction of sp³-hybridized carbons (Fsp3) is 0.290. The molecule has 0 unspecified atom stereocenters. The fourth-order valence-electron chi connectivity index (χ4n) is 4.58. The Kier molecular flexibility index (Phi) is 9.49. The van der Waals surface area contributed by atoms with E-state index >= 15 is 0 Å². The monoisotopic (exact) mass is 497 g/mol. The number of amides is 1. The summed E-state index contributed by atoms with van der Waals surface area (Å²) in [5.41, 5.74) is 6.61. The summed E-state index contributed by atoms with van der Waals surface area (Å²) in [6.45, 7) is 7.17. The number of rotatable bonds is 11. The van der Waals surface area contributed by atoms with Crippen molar-refractivity contribution < 1.29 is 14.3 Å². The standard InChI is InChI=1S/C31H35N3O3/c1-3-19-37-29-14-11-27(21-30(29)36-2)22-32-33-31(35)28-12-9-26(10-13-28)23-34-17-15-25(16-18-34)20-24-7-5-4-6-8-24/h3-14,21-22,25H,1,15-20,23H2,2H3,(H,33,35)/b32-22-. The zero-order chi connectivity index (χ0) is 25.9. The van der Waals surface area contributed by atoms with Gasteiger partial charge in [0.1, 0.15) is 6.61 Å². The van der Waals surface area contributed by atoms with Crippen molar-refractivity contribution in [2.45, 2.75) is 25.8 Å². The smallest absolute Gasteiger partial charge is 0.271 e. The third kappa shape index (κ3) is 7.79. The molecule has 192 valence electrons. The van der Waals surface area contributed by atoms with Crippen molar-refractivity contribution in [1.29, 1.82) is 0 Å². The molecule has 0 aromatic heterocycles. The molecule has 0 bridgehead atoms. The average molecular weight is 498 g/mol. The second-order valence-electron chi connectivity index (χ2n) is 9.32. The summed E-state index contributed by atoms with van der Waals surface area (Å²) in [4.78, 5) is 15.0. The predicted octanol–water partition coefficient (Wildman–Crippen LogP) is 5.48. The highest BCUT2D eigenvalue weighted by atomic mass is 16.5. The third-order valence-electron chi connectivity index (χ3n) is 6.62. The minimum absolute atomic E-state index is 0.248. The topological polar surface area (TPSA) is 63.2 Å². The maximum Gasteiger partial charge on any atom is 0.271 e. The van der Waals surface area contributed by atoms with Crippen LogP contribution in [-0.4, -0.2) is 43.8 Å². The lowest BCUT2D eigenvalue weighted by Gasteiger charge is -2.32. The van der Waals surface area contributed by atoms with E-state index in [2.05, 4.69) is 52.3 Å². The lowest BCUT2D eigenvalue weighted by Crippen LogP contribution is -2.33. The first-order valence-corrected chi connectivity index (χ1v) is 12.7. The van der Waals surface area contributed by atoms with Crippen LogP contribution in [0.4, 0.5) is 0 Å². The largest absolute Gasteiger partial charge is 0.493 e. The molecule has 4 rings (SSSR count). The van der Waals surface area contributed by atoms with Gasteiger partial charge in [-0.1, -0.05) is 55.1 Å². The van der Waals surface area contributed by atoms with E-state index < -0.39 is 0 Å². The number of hydrazone groups is 1. The number of benzene rings is 3. The molecule has 1 aliphatic heterocycles. The van der Waals surface area contributed by atoms with Gasteiger partial charge in [-0.2, -0.15) is 5.10 Å². The first kappa shape index (κ1) is 26.2. The minimum atomic E-state index is -0.248. The van der Waals surface area contributed by atoms with Gasteiger partial charge in [0.05, 0.1) is 13.3 Å². The van der Waals surface area contributed by atoms with Crippen LogP contribution in [0.3, 0.4) is 0 Å².